The minimum atomic E-state index is 0.577. The van der Waals surface area contributed by atoms with E-state index in [0.29, 0.717) is 22.4 Å². The summed E-state index contributed by atoms with van der Waals surface area (Å²) in [7, 11) is 0. The first kappa shape index (κ1) is 15.1. The van der Waals surface area contributed by atoms with Crippen molar-refractivity contribution in [2.24, 2.45) is 0 Å². The molecule has 98 valence electrons. The number of hydrogen-bond acceptors (Lipinski definition) is 1. The van der Waals surface area contributed by atoms with Gasteiger partial charge in [-0.05, 0) is 24.3 Å². The Hall–Kier alpha value is -0.960. The molecule has 4 heteroatoms. The highest BCUT2D eigenvalue weighted by Gasteiger charge is 2.06. The average molecular weight is 287 g/mol. The van der Waals surface area contributed by atoms with Crippen LogP contribution in [-0.4, -0.2) is 26.2 Å². The van der Waals surface area contributed by atoms with Gasteiger partial charge in [-0.15, -0.1) is 0 Å². The van der Waals surface area contributed by atoms with Gasteiger partial charge in [0.2, 0.25) is 0 Å². The van der Waals surface area contributed by atoms with Crippen LogP contribution in [0.5, 0.6) is 5.75 Å². The summed E-state index contributed by atoms with van der Waals surface area (Å²) < 4.78 is 5.63. The Kier molecular flexibility index (Phi) is 6.88. The molecule has 0 aliphatic heterocycles. The Balaban J connectivity index is 2.46. The lowest BCUT2D eigenvalue weighted by Gasteiger charge is -2.16. The molecule has 0 atom stereocenters. The normalized spacial score (nSPS) is 10.4. The predicted molar refractivity (Wildman–Crippen MR) is 77.9 cm³/mol. The summed E-state index contributed by atoms with van der Waals surface area (Å²) in [5, 5.41) is 1.20. The molecule has 1 rings (SSSR count). The molecule has 0 aliphatic rings. The van der Waals surface area contributed by atoms with Crippen LogP contribution in [-0.2, 0) is 0 Å². The van der Waals surface area contributed by atoms with Gasteiger partial charge in [0.25, 0.3) is 0 Å². The molecule has 0 aromatic heterocycles. The van der Waals surface area contributed by atoms with Crippen molar-refractivity contribution < 1.29 is 9.64 Å². The molecule has 0 heterocycles. The minimum absolute atomic E-state index is 0.577. The van der Waals surface area contributed by atoms with Gasteiger partial charge < -0.3 is 9.64 Å². The van der Waals surface area contributed by atoms with Crippen LogP contribution < -0.4 is 9.64 Å². The number of nitrogens with one attached hydrogen (secondary N) is 1. The van der Waals surface area contributed by atoms with Crippen molar-refractivity contribution in [2.75, 3.05) is 26.2 Å². The highest BCUT2D eigenvalue weighted by Crippen LogP contribution is 2.27. The van der Waals surface area contributed by atoms with Gasteiger partial charge in [0.1, 0.15) is 18.9 Å². The third-order valence-corrected chi connectivity index (χ3v) is 3.02. The Morgan fingerprint density at radius 2 is 1.83 bits per heavy atom. The van der Waals surface area contributed by atoms with Gasteiger partial charge in [0.15, 0.2) is 0 Å². The van der Waals surface area contributed by atoms with Crippen molar-refractivity contribution in [1.82, 2.24) is 0 Å². The Morgan fingerprint density at radius 1 is 1.17 bits per heavy atom. The van der Waals surface area contributed by atoms with Crippen LogP contribution >= 0.6 is 23.2 Å². The molecule has 0 bridgehead atoms. The Bertz CT molecular complexity index is 397. The fraction of sp³-hybridized carbons (Fsp3) is 0.286. The second-order valence-corrected chi connectivity index (χ2v) is 4.75. The smallest absolute Gasteiger partial charge is 0.139 e. The second kappa shape index (κ2) is 8.20. The van der Waals surface area contributed by atoms with E-state index in [1.165, 1.54) is 4.90 Å². The van der Waals surface area contributed by atoms with Gasteiger partial charge in [-0.1, -0.05) is 36.4 Å². The molecular weight excluding hydrogens is 269 g/mol. The van der Waals surface area contributed by atoms with Gasteiger partial charge >= 0.3 is 0 Å². The topological polar surface area (TPSA) is 13.7 Å². The highest BCUT2D eigenvalue weighted by molar-refractivity contribution is 6.34. The van der Waals surface area contributed by atoms with Crippen LogP contribution in [0, 0.1) is 0 Å². The molecule has 0 spiro atoms. The van der Waals surface area contributed by atoms with Crippen LogP contribution in [0.2, 0.25) is 10.0 Å². The monoisotopic (exact) mass is 286 g/mol. The van der Waals surface area contributed by atoms with Gasteiger partial charge in [-0.25, -0.2) is 0 Å². The van der Waals surface area contributed by atoms with E-state index in [1.54, 1.807) is 18.2 Å². The first-order valence-electron chi connectivity index (χ1n) is 5.80. The van der Waals surface area contributed by atoms with E-state index in [0.717, 1.165) is 19.6 Å². The summed E-state index contributed by atoms with van der Waals surface area (Å²) >= 11 is 11.9. The maximum Gasteiger partial charge on any atom is 0.139 e. The van der Waals surface area contributed by atoms with Gasteiger partial charge in [0, 0.05) is 11.1 Å². The predicted octanol–water partition coefficient (Wildman–Crippen LogP) is 2.63. The maximum atomic E-state index is 6.01. The van der Waals surface area contributed by atoms with Crippen molar-refractivity contribution in [3.05, 3.63) is 53.6 Å². The summed E-state index contributed by atoms with van der Waals surface area (Å²) in [4.78, 5) is 1.35. The molecule has 0 saturated heterocycles. The molecular formula is C14H18Cl2NO+. The fourth-order valence-corrected chi connectivity index (χ4v) is 1.92. The van der Waals surface area contributed by atoms with E-state index in [2.05, 4.69) is 13.2 Å². The summed E-state index contributed by atoms with van der Waals surface area (Å²) in [5.74, 6) is 0.626. The molecule has 1 N–H and O–H groups in total. The van der Waals surface area contributed by atoms with Crippen LogP contribution in [0.25, 0.3) is 0 Å². The number of benzene rings is 1. The number of rotatable bonds is 8. The van der Waals surface area contributed by atoms with Crippen molar-refractivity contribution in [1.29, 1.82) is 0 Å². The van der Waals surface area contributed by atoms with Gasteiger partial charge in [-0.2, -0.15) is 0 Å². The first-order chi connectivity index (χ1) is 8.67. The number of hydrogen-bond donors (Lipinski definition) is 1. The van der Waals surface area contributed by atoms with E-state index < -0.39 is 0 Å². The third-order valence-electron chi connectivity index (χ3n) is 2.47. The van der Waals surface area contributed by atoms with Gasteiger partial charge in [0.05, 0.1) is 18.1 Å². The summed E-state index contributed by atoms with van der Waals surface area (Å²) in [6.07, 6.45) is 3.79. The number of halogens is 2. The standard InChI is InChI=1S/C14H17Cl2NO/c1-3-7-17(8-4-2)9-10-18-14-11-12(15)5-6-13(14)16/h3-6,11H,1-2,7-10H2/p+1. The van der Waals surface area contributed by atoms with Crippen molar-refractivity contribution in [2.45, 2.75) is 0 Å². The highest BCUT2D eigenvalue weighted by atomic mass is 35.5. The van der Waals surface area contributed by atoms with E-state index >= 15 is 0 Å². The second-order valence-electron chi connectivity index (χ2n) is 3.91. The molecule has 1 aromatic carbocycles. The van der Waals surface area contributed by atoms with Crippen LogP contribution in [0.15, 0.2) is 43.5 Å². The fourth-order valence-electron chi connectivity index (χ4n) is 1.59. The van der Waals surface area contributed by atoms with E-state index in [1.807, 2.05) is 12.2 Å². The van der Waals surface area contributed by atoms with E-state index in [4.69, 9.17) is 27.9 Å². The molecule has 2 nitrogen and oxygen atoms in total. The molecule has 18 heavy (non-hydrogen) atoms. The third kappa shape index (κ3) is 5.13. The lowest BCUT2D eigenvalue weighted by Crippen LogP contribution is -3.12. The van der Waals surface area contributed by atoms with Crippen LogP contribution in [0.3, 0.4) is 0 Å². The average Bonchev–Trinajstić information content (AvgIpc) is 2.34. The summed E-state index contributed by atoms with van der Waals surface area (Å²) in [5.41, 5.74) is 0. The number of ether oxygens (including phenoxy) is 1. The SMILES string of the molecule is C=CC[NH+](CC=C)CCOc1cc(Cl)ccc1Cl. The van der Waals surface area contributed by atoms with Crippen LogP contribution in [0.1, 0.15) is 0 Å². The molecule has 1 aromatic rings. The molecule has 0 fully saturated rings. The van der Waals surface area contributed by atoms with Crippen LogP contribution in [0.4, 0.5) is 0 Å². The quantitative estimate of drug-likeness (QED) is 0.726. The zero-order chi connectivity index (χ0) is 13.4. The molecule has 0 radical (unpaired) electrons. The molecule has 0 aliphatic carbocycles. The van der Waals surface area contributed by atoms with Crippen molar-refractivity contribution in [3.8, 4) is 5.75 Å². The summed E-state index contributed by atoms with van der Waals surface area (Å²) in [6, 6.07) is 5.20. The molecule has 0 unspecified atom stereocenters. The largest absolute Gasteiger partial charge is 0.486 e. The zero-order valence-electron chi connectivity index (χ0n) is 10.3. The zero-order valence-corrected chi connectivity index (χ0v) is 11.8. The summed E-state index contributed by atoms with van der Waals surface area (Å²) in [6.45, 7) is 10.7. The van der Waals surface area contributed by atoms with Gasteiger partial charge in [-0.3, -0.25) is 0 Å². The van der Waals surface area contributed by atoms with E-state index in [9.17, 15) is 0 Å². The molecule has 0 amide bonds. The first-order valence-corrected chi connectivity index (χ1v) is 6.56. The Labute approximate surface area is 118 Å². The molecule has 0 saturated carbocycles. The van der Waals surface area contributed by atoms with Crippen molar-refractivity contribution in [3.63, 3.8) is 0 Å². The lowest BCUT2D eigenvalue weighted by molar-refractivity contribution is -0.888. The minimum Gasteiger partial charge on any atom is -0.486 e. The van der Waals surface area contributed by atoms with E-state index in [-0.39, 0.29) is 0 Å². The maximum absolute atomic E-state index is 6.01. The number of quaternary nitrogens is 1. The van der Waals surface area contributed by atoms with Crippen molar-refractivity contribution >= 4 is 23.2 Å². The lowest BCUT2D eigenvalue weighted by atomic mass is 10.3. The Morgan fingerprint density at radius 3 is 2.44 bits per heavy atom.